The van der Waals surface area contributed by atoms with Gasteiger partial charge in [0.2, 0.25) is 5.91 Å². The Kier molecular flexibility index (Phi) is 5.01. The number of ether oxygens (including phenoxy) is 1. The van der Waals surface area contributed by atoms with Gasteiger partial charge >= 0.3 is 0 Å². The zero-order valence-corrected chi connectivity index (χ0v) is 13.8. The van der Waals surface area contributed by atoms with Crippen LogP contribution in [0.1, 0.15) is 31.4 Å². The molecule has 0 saturated carbocycles. The van der Waals surface area contributed by atoms with Gasteiger partial charge in [-0.15, -0.1) is 0 Å². The molecule has 0 spiro atoms. The molecule has 0 N–H and O–H groups in total. The molecule has 2 aliphatic rings. The second kappa shape index (κ2) is 6.99. The van der Waals surface area contributed by atoms with E-state index in [4.69, 9.17) is 16.3 Å². The van der Waals surface area contributed by atoms with Crippen molar-refractivity contribution >= 4 is 17.5 Å². The lowest BCUT2D eigenvalue weighted by Gasteiger charge is -2.37. The molecule has 3 rings (SSSR count). The van der Waals surface area contributed by atoms with E-state index in [-0.39, 0.29) is 18.1 Å². The van der Waals surface area contributed by atoms with E-state index in [1.807, 2.05) is 36.1 Å². The Bertz CT molecular complexity index is 514. The van der Waals surface area contributed by atoms with Crippen LogP contribution in [0, 0.1) is 0 Å². The second-order valence-electron chi connectivity index (χ2n) is 6.11. The predicted molar refractivity (Wildman–Crippen MR) is 87.0 cm³/mol. The molecule has 120 valence electrons. The lowest BCUT2D eigenvalue weighted by molar-refractivity contribution is -0.138. The van der Waals surface area contributed by atoms with E-state index in [9.17, 15) is 4.79 Å². The molecule has 2 aliphatic heterocycles. The molecule has 2 fully saturated rings. The Balaban J connectivity index is 1.64. The van der Waals surface area contributed by atoms with Crippen LogP contribution in [-0.4, -0.2) is 54.5 Å². The number of carbonyl (C=O) groups excluding carboxylic acids is 1. The number of carbonyl (C=O) groups is 1. The average molecular weight is 323 g/mol. The molecule has 0 aromatic heterocycles. The average Bonchev–Trinajstić information content (AvgIpc) is 3.09. The fourth-order valence-electron chi connectivity index (χ4n) is 3.26. The van der Waals surface area contributed by atoms with E-state index in [2.05, 4.69) is 4.90 Å². The Morgan fingerprint density at radius 3 is 2.59 bits per heavy atom. The number of benzene rings is 1. The van der Waals surface area contributed by atoms with E-state index in [1.165, 1.54) is 0 Å². The maximum Gasteiger partial charge on any atom is 0.239 e. The minimum absolute atomic E-state index is 0.0137. The zero-order valence-electron chi connectivity index (χ0n) is 13.0. The third kappa shape index (κ3) is 3.45. The van der Waals surface area contributed by atoms with Crippen LogP contribution in [0.3, 0.4) is 0 Å². The summed E-state index contributed by atoms with van der Waals surface area (Å²) in [5.74, 6) is 0.259. The number of hydrogen-bond acceptors (Lipinski definition) is 3. The van der Waals surface area contributed by atoms with Crippen molar-refractivity contribution in [2.24, 2.45) is 0 Å². The molecule has 4 nitrogen and oxygen atoms in total. The van der Waals surface area contributed by atoms with Crippen LogP contribution in [-0.2, 0) is 9.53 Å². The number of likely N-dealkylation sites (tertiary alicyclic amines) is 1. The molecule has 2 saturated heterocycles. The summed E-state index contributed by atoms with van der Waals surface area (Å²) in [5, 5.41) is 0.731. The number of nitrogens with zero attached hydrogens (tertiary/aromatic N) is 2. The summed E-state index contributed by atoms with van der Waals surface area (Å²) in [6.07, 6.45) is 2.28. The topological polar surface area (TPSA) is 32.8 Å². The number of amides is 1. The molecule has 5 heteroatoms. The van der Waals surface area contributed by atoms with Crippen LogP contribution in [0.4, 0.5) is 0 Å². The highest BCUT2D eigenvalue weighted by Crippen LogP contribution is 2.25. The van der Waals surface area contributed by atoms with Gasteiger partial charge in [0, 0.05) is 31.2 Å². The van der Waals surface area contributed by atoms with E-state index in [1.54, 1.807) is 0 Å². The van der Waals surface area contributed by atoms with Crippen molar-refractivity contribution in [2.45, 2.75) is 31.9 Å². The number of halogens is 1. The van der Waals surface area contributed by atoms with Gasteiger partial charge in [-0.1, -0.05) is 23.7 Å². The molecule has 1 aromatic carbocycles. The molecule has 2 heterocycles. The molecular weight excluding hydrogens is 300 g/mol. The van der Waals surface area contributed by atoms with Crippen molar-refractivity contribution in [3.63, 3.8) is 0 Å². The number of rotatable bonds is 3. The molecular formula is C17H23ClN2O2. The summed E-state index contributed by atoms with van der Waals surface area (Å²) >= 11 is 5.94. The minimum atomic E-state index is -0.0724. The van der Waals surface area contributed by atoms with Crippen molar-refractivity contribution in [3.8, 4) is 0 Å². The van der Waals surface area contributed by atoms with E-state index in [0.29, 0.717) is 6.61 Å². The Morgan fingerprint density at radius 1 is 1.23 bits per heavy atom. The summed E-state index contributed by atoms with van der Waals surface area (Å²) in [6, 6.07) is 7.71. The van der Waals surface area contributed by atoms with Gasteiger partial charge in [0.15, 0.2) is 0 Å². The third-order valence-corrected chi connectivity index (χ3v) is 4.91. The Hall–Kier alpha value is -1.10. The fourth-order valence-corrected chi connectivity index (χ4v) is 3.38. The Morgan fingerprint density at radius 2 is 1.91 bits per heavy atom. The molecule has 1 aromatic rings. The highest BCUT2D eigenvalue weighted by molar-refractivity contribution is 6.30. The zero-order chi connectivity index (χ0) is 15.5. The van der Waals surface area contributed by atoms with E-state index in [0.717, 1.165) is 49.6 Å². The van der Waals surface area contributed by atoms with Crippen molar-refractivity contribution in [1.82, 2.24) is 9.80 Å². The first-order valence-corrected chi connectivity index (χ1v) is 8.43. The number of hydrogen-bond donors (Lipinski definition) is 0. The van der Waals surface area contributed by atoms with Crippen LogP contribution in [0.25, 0.3) is 0 Å². The summed E-state index contributed by atoms with van der Waals surface area (Å²) in [4.78, 5) is 16.8. The van der Waals surface area contributed by atoms with Gasteiger partial charge in [-0.25, -0.2) is 0 Å². The second-order valence-corrected chi connectivity index (χ2v) is 6.55. The van der Waals surface area contributed by atoms with Gasteiger partial charge in [0.25, 0.3) is 0 Å². The lowest BCUT2D eigenvalue weighted by Crippen LogP contribution is -2.50. The first kappa shape index (κ1) is 15.8. The molecule has 1 amide bonds. The van der Waals surface area contributed by atoms with Crippen LogP contribution >= 0.6 is 11.6 Å². The molecule has 2 atom stereocenters. The summed E-state index contributed by atoms with van der Waals surface area (Å²) in [5.41, 5.74) is 1.12. The summed E-state index contributed by atoms with van der Waals surface area (Å²) in [7, 11) is 0. The smallest absolute Gasteiger partial charge is 0.239 e. The molecule has 0 bridgehead atoms. The highest BCUT2D eigenvalue weighted by atomic mass is 35.5. The quantitative estimate of drug-likeness (QED) is 0.858. The Labute approximate surface area is 137 Å². The van der Waals surface area contributed by atoms with E-state index >= 15 is 0 Å². The minimum Gasteiger partial charge on any atom is -0.371 e. The van der Waals surface area contributed by atoms with Gasteiger partial charge in [-0.3, -0.25) is 9.69 Å². The SMILES string of the molecule is C[C@@H](C(=O)N1CCCC1)N1CCO[C@H](c2ccc(Cl)cc2)C1. The summed E-state index contributed by atoms with van der Waals surface area (Å²) < 4.78 is 5.88. The standard InChI is InChI=1S/C17H23ClN2O2/c1-13(17(21)19-8-2-3-9-19)20-10-11-22-16(12-20)14-4-6-15(18)7-5-14/h4-7,13,16H,2-3,8-12H2,1H3/t13-,16-/m0/s1. The maximum absolute atomic E-state index is 12.6. The van der Waals surface area contributed by atoms with Crippen molar-refractivity contribution in [3.05, 3.63) is 34.9 Å². The first-order valence-electron chi connectivity index (χ1n) is 8.05. The van der Waals surface area contributed by atoms with Crippen LogP contribution in [0.15, 0.2) is 24.3 Å². The van der Waals surface area contributed by atoms with E-state index < -0.39 is 0 Å². The van der Waals surface area contributed by atoms with Gasteiger partial charge in [-0.05, 0) is 37.5 Å². The van der Waals surface area contributed by atoms with Crippen LogP contribution < -0.4 is 0 Å². The van der Waals surface area contributed by atoms with Gasteiger partial charge in [0.1, 0.15) is 0 Å². The van der Waals surface area contributed by atoms with Crippen LogP contribution in [0.5, 0.6) is 0 Å². The fraction of sp³-hybridized carbons (Fsp3) is 0.588. The lowest BCUT2D eigenvalue weighted by atomic mass is 10.1. The normalized spacial score (nSPS) is 24.5. The first-order chi connectivity index (χ1) is 10.6. The molecule has 22 heavy (non-hydrogen) atoms. The van der Waals surface area contributed by atoms with Gasteiger partial charge in [0.05, 0.1) is 18.8 Å². The summed E-state index contributed by atoms with van der Waals surface area (Å²) in [6.45, 7) is 6.06. The van der Waals surface area contributed by atoms with Crippen molar-refractivity contribution in [1.29, 1.82) is 0 Å². The van der Waals surface area contributed by atoms with Crippen molar-refractivity contribution < 1.29 is 9.53 Å². The van der Waals surface area contributed by atoms with Gasteiger partial charge < -0.3 is 9.64 Å². The highest BCUT2D eigenvalue weighted by Gasteiger charge is 2.31. The maximum atomic E-state index is 12.6. The van der Waals surface area contributed by atoms with Gasteiger partial charge in [-0.2, -0.15) is 0 Å². The monoisotopic (exact) mass is 322 g/mol. The molecule has 0 aliphatic carbocycles. The largest absolute Gasteiger partial charge is 0.371 e. The van der Waals surface area contributed by atoms with Crippen LogP contribution in [0.2, 0.25) is 5.02 Å². The van der Waals surface area contributed by atoms with Crippen molar-refractivity contribution in [2.75, 3.05) is 32.8 Å². The predicted octanol–water partition coefficient (Wildman–Crippen LogP) is 2.72. The third-order valence-electron chi connectivity index (χ3n) is 4.66. The molecule has 0 radical (unpaired) electrons. The number of morpholine rings is 1. The molecule has 0 unspecified atom stereocenters.